The lowest BCUT2D eigenvalue weighted by Gasteiger charge is -2.22. The first-order valence-corrected chi connectivity index (χ1v) is 16.4. The highest BCUT2D eigenvalue weighted by Crippen LogP contribution is 2.30. The number of benzene rings is 3. The summed E-state index contributed by atoms with van der Waals surface area (Å²) in [5.41, 5.74) is 3.69. The summed E-state index contributed by atoms with van der Waals surface area (Å²) in [6.07, 6.45) is 0.178. The Kier molecular flexibility index (Phi) is 10.6. The Morgan fingerprint density at radius 1 is 0.980 bits per heavy atom. The normalized spacial score (nSPS) is 18.1. The SMILES string of the molecule is COCCNc1nc2cc(C(=O)N3C[C@H]4NC(=O)COc5ccc(cc5OC)CCC(=O)NCc5ccc(cc5OC)O[C@@H]4C3)ccc2n1C. The van der Waals surface area contributed by atoms with E-state index >= 15 is 0 Å². The zero-order chi connectivity index (χ0) is 35.2. The van der Waals surface area contributed by atoms with Crippen LogP contribution in [0.3, 0.4) is 0 Å². The Bertz CT molecular complexity index is 1880. The average molecular weight is 687 g/mol. The van der Waals surface area contributed by atoms with Crippen molar-refractivity contribution in [2.45, 2.75) is 31.5 Å². The summed E-state index contributed by atoms with van der Waals surface area (Å²) < 4.78 is 30.5. The molecule has 2 atom stereocenters. The van der Waals surface area contributed by atoms with Gasteiger partial charge in [-0.3, -0.25) is 14.4 Å². The molecule has 3 amide bonds. The number of methoxy groups -OCH3 is 3. The fourth-order valence-electron chi connectivity index (χ4n) is 6.17. The number of anilines is 1. The van der Waals surface area contributed by atoms with Crippen molar-refractivity contribution in [2.24, 2.45) is 7.05 Å². The monoisotopic (exact) mass is 686 g/mol. The van der Waals surface area contributed by atoms with Crippen molar-refractivity contribution in [3.63, 3.8) is 0 Å². The van der Waals surface area contributed by atoms with Crippen molar-refractivity contribution in [3.05, 3.63) is 71.3 Å². The third-order valence-corrected chi connectivity index (χ3v) is 8.87. The van der Waals surface area contributed by atoms with Crippen molar-refractivity contribution < 1.29 is 38.1 Å². The molecule has 3 aromatic carbocycles. The van der Waals surface area contributed by atoms with Crippen molar-refractivity contribution in [2.75, 3.05) is 59.5 Å². The van der Waals surface area contributed by atoms with Gasteiger partial charge in [0.1, 0.15) is 17.6 Å². The second-order valence-corrected chi connectivity index (χ2v) is 12.2. The minimum absolute atomic E-state index is 0.113. The molecule has 0 saturated carbocycles. The van der Waals surface area contributed by atoms with Crippen LogP contribution in [-0.2, 0) is 34.3 Å². The lowest BCUT2D eigenvalue weighted by Crippen LogP contribution is -2.46. The standard InChI is InChI=1S/C36H42N6O8/c1-41-28-10-8-23(16-26(28)40-36(41)37-13-14-46-2)35(45)42-19-27-32(20-42)50-25-9-7-24(30(17-25)47-3)18-38-33(43)12-6-22-5-11-29(31(15-22)48-4)49-21-34(44)39-27/h5,7-11,15-17,27,32H,6,12-14,18-21H2,1-4H3,(H,37,40)(H,38,43)(H,39,44)/t27-,32-/m1/s1. The summed E-state index contributed by atoms with van der Waals surface area (Å²) in [7, 11) is 6.62. The quantitative estimate of drug-likeness (QED) is 0.247. The molecule has 4 bridgehead atoms. The van der Waals surface area contributed by atoms with Crippen LogP contribution in [-0.4, -0.2) is 98.5 Å². The van der Waals surface area contributed by atoms with E-state index in [0.29, 0.717) is 59.6 Å². The number of ether oxygens (including phenoxy) is 5. The molecule has 5 aliphatic heterocycles. The summed E-state index contributed by atoms with van der Waals surface area (Å²) >= 11 is 0. The van der Waals surface area contributed by atoms with Crippen LogP contribution in [0.15, 0.2) is 54.6 Å². The molecule has 5 aliphatic rings. The van der Waals surface area contributed by atoms with Crippen molar-refractivity contribution >= 4 is 34.7 Å². The largest absolute Gasteiger partial charge is 0.496 e. The van der Waals surface area contributed by atoms with Crippen molar-refractivity contribution in [1.29, 1.82) is 0 Å². The molecule has 6 heterocycles. The molecule has 0 unspecified atom stereocenters. The number of nitrogens with zero attached hydrogens (tertiary/aromatic N) is 3. The van der Waals surface area contributed by atoms with Gasteiger partial charge in [-0.05, 0) is 54.4 Å². The van der Waals surface area contributed by atoms with Gasteiger partial charge in [0.15, 0.2) is 18.1 Å². The van der Waals surface area contributed by atoms with Gasteiger partial charge in [-0.25, -0.2) is 4.98 Å². The van der Waals surface area contributed by atoms with Crippen LogP contribution in [0, 0.1) is 0 Å². The van der Waals surface area contributed by atoms with Gasteiger partial charge in [-0.2, -0.15) is 0 Å². The van der Waals surface area contributed by atoms with Gasteiger partial charge in [0, 0.05) is 57.4 Å². The second kappa shape index (κ2) is 15.4. The molecule has 50 heavy (non-hydrogen) atoms. The van der Waals surface area contributed by atoms with Crippen LogP contribution in [0.25, 0.3) is 11.0 Å². The van der Waals surface area contributed by atoms with E-state index in [4.69, 9.17) is 23.7 Å². The summed E-state index contributed by atoms with van der Waals surface area (Å²) in [6, 6.07) is 15.6. The number of aryl methyl sites for hydroxylation is 2. The predicted molar refractivity (Wildman–Crippen MR) is 185 cm³/mol. The van der Waals surface area contributed by atoms with Crippen LogP contribution in [0.4, 0.5) is 5.95 Å². The number of carbonyl (C=O) groups is 3. The van der Waals surface area contributed by atoms with E-state index in [0.717, 1.165) is 16.6 Å². The smallest absolute Gasteiger partial charge is 0.258 e. The van der Waals surface area contributed by atoms with Crippen LogP contribution in [0.2, 0.25) is 0 Å². The van der Waals surface area contributed by atoms with Gasteiger partial charge in [0.25, 0.3) is 11.8 Å². The Balaban J connectivity index is 1.25. The molecule has 4 aromatic rings. The highest BCUT2D eigenvalue weighted by Gasteiger charge is 2.38. The lowest BCUT2D eigenvalue weighted by molar-refractivity contribution is -0.124. The maximum atomic E-state index is 13.9. The number of likely N-dealkylation sites (tertiary alicyclic amines) is 1. The van der Waals surface area contributed by atoms with E-state index in [9.17, 15) is 14.4 Å². The molecule has 0 aliphatic carbocycles. The fraction of sp³-hybridized carbons (Fsp3) is 0.389. The van der Waals surface area contributed by atoms with Gasteiger partial charge in [-0.15, -0.1) is 0 Å². The summed E-state index contributed by atoms with van der Waals surface area (Å²) in [5.74, 6) is 1.85. The molecule has 1 saturated heterocycles. The van der Waals surface area contributed by atoms with Crippen LogP contribution < -0.4 is 34.9 Å². The first-order valence-electron chi connectivity index (χ1n) is 16.4. The molecule has 264 valence electrons. The van der Waals surface area contributed by atoms with Gasteiger partial charge < -0.3 is 49.1 Å². The fourth-order valence-corrected chi connectivity index (χ4v) is 6.17. The minimum Gasteiger partial charge on any atom is -0.496 e. The van der Waals surface area contributed by atoms with E-state index < -0.39 is 12.1 Å². The number of amides is 3. The first kappa shape index (κ1) is 34.4. The zero-order valence-corrected chi connectivity index (χ0v) is 28.6. The number of hydrogen-bond donors (Lipinski definition) is 3. The summed E-state index contributed by atoms with van der Waals surface area (Å²) in [6.45, 7) is 1.54. The maximum Gasteiger partial charge on any atom is 0.258 e. The van der Waals surface area contributed by atoms with Gasteiger partial charge in [0.2, 0.25) is 11.9 Å². The van der Waals surface area contributed by atoms with Gasteiger partial charge >= 0.3 is 0 Å². The Hall–Kier alpha value is -5.50. The van der Waals surface area contributed by atoms with Crippen LogP contribution in [0.5, 0.6) is 23.0 Å². The third-order valence-electron chi connectivity index (χ3n) is 8.87. The highest BCUT2D eigenvalue weighted by molar-refractivity contribution is 5.98. The number of aromatic nitrogens is 2. The van der Waals surface area contributed by atoms with Crippen LogP contribution in [0.1, 0.15) is 27.9 Å². The number of carbonyl (C=O) groups excluding carboxylic acids is 3. The molecular weight excluding hydrogens is 644 g/mol. The molecule has 9 rings (SSSR count). The van der Waals surface area contributed by atoms with E-state index in [1.807, 2.05) is 29.8 Å². The Morgan fingerprint density at radius 2 is 1.82 bits per heavy atom. The molecule has 14 nitrogen and oxygen atoms in total. The van der Waals surface area contributed by atoms with E-state index in [1.54, 1.807) is 55.5 Å². The topological polar surface area (TPSA) is 155 Å². The highest BCUT2D eigenvalue weighted by atomic mass is 16.5. The van der Waals surface area contributed by atoms with Crippen LogP contribution >= 0.6 is 0 Å². The minimum atomic E-state index is -0.590. The third kappa shape index (κ3) is 7.70. The molecule has 0 spiro atoms. The Labute approximate surface area is 290 Å². The Morgan fingerprint density at radius 3 is 2.62 bits per heavy atom. The van der Waals surface area contributed by atoms with Gasteiger partial charge in [-0.1, -0.05) is 6.07 Å². The van der Waals surface area contributed by atoms with E-state index in [2.05, 4.69) is 20.9 Å². The molecule has 1 fully saturated rings. The predicted octanol–water partition coefficient (Wildman–Crippen LogP) is 2.68. The lowest BCUT2D eigenvalue weighted by atomic mass is 10.1. The molecule has 3 N–H and O–H groups in total. The van der Waals surface area contributed by atoms with E-state index in [1.165, 1.54) is 7.11 Å². The number of imidazole rings is 1. The number of hydrogen-bond acceptors (Lipinski definition) is 10. The summed E-state index contributed by atoms with van der Waals surface area (Å²) in [5, 5.41) is 9.22. The molecule has 14 heteroatoms. The number of rotatable bonds is 7. The summed E-state index contributed by atoms with van der Waals surface area (Å²) in [4.78, 5) is 46.2. The molecule has 0 radical (unpaired) electrons. The molecular formula is C36H42N6O8. The average Bonchev–Trinajstić information content (AvgIpc) is 3.67. The first-order chi connectivity index (χ1) is 24.3. The number of nitrogens with one attached hydrogen (secondary N) is 3. The van der Waals surface area contributed by atoms with E-state index in [-0.39, 0.29) is 50.4 Å². The van der Waals surface area contributed by atoms with Gasteiger partial charge in [0.05, 0.1) is 44.4 Å². The molecule has 1 aromatic heterocycles. The number of fused-ring (bicyclic) bond motifs is 1. The second-order valence-electron chi connectivity index (χ2n) is 12.2. The maximum absolute atomic E-state index is 13.9. The van der Waals surface area contributed by atoms with Crippen molar-refractivity contribution in [1.82, 2.24) is 25.1 Å². The van der Waals surface area contributed by atoms with Crippen molar-refractivity contribution in [3.8, 4) is 23.0 Å². The zero-order valence-electron chi connectivity index (χ0n) is 28.6.